The lowest BCUT2D eigenvalue weighted by Crippen LogP contribution is -2.29. The first-order valence-electron chi connectivity index (χ1n) is 9.33. The molecule has 1 aliphatic heterocycles. The number of nitrogens with one attached hydrogen (secondary N) is 2. The van der Waals surface area contributed by atoms with Crippen LogP contribution in [0, 0.1) is 0 Å². The first kappa shape index (κ1) is 20.3. The van der Waals surface area contributed by atoms with E-state index in [1.54, 1.807) is 24.3 Å². The highest BCUT2D eigenvalue weighted by Crippen LogP contribution is 2.39. The third kappa shape index (κ3) is 4.71. The quantitative estimate of drug-likeness (QED) is 0.726. The van der Waals surface area contributed by atoms with Crippen LogP contribution in [0.2, 0.25) is 0 Å². The van der Waals surface area contributed by atoms with E-state index in [1.165, 1.54) is 34.2 Å². The summed E-state index contributed by atoms with van der Waals surface area (Å²) in [5, 5.41) is 5.15. The molecular weight excluding hydrogens is 374 g/mol. The molecule has 2 N–H and O–H groups in total. The van der Waals surface area contributed by atoms with Gasteiger partial charge in [-0.2, -0.15) is 0 Å². The van der Waals surface area contributed by atoms with Crippen LogP contribution in [-0.2, 0) is 9.59 Å². The van der Waals surface area contributed by atoms with Crippen molar-refractivity contribution < 1.29 is 23.8 Å². The summed E-state index contributed by atoms with van der Waals surface area (Å²) in [5.74, 6) is -0.425. The Balaban J connectivity index is 1.65. The third-order valence-electron chi connectivity index (χ3n) is 4.73. The summed E-state index contributed by atoms with van der Waals surface area (Å²) in [6.45, 7) is 2.09. The normalized spacial score (nSPS) is 13.0. The second kappa shape index (κ2) is 9.18. The molecule has 2 amide bonds. The molecule has 29 heavy (non-hydrogen) atoms. The minimum atomic E-state index is -0.803. The Morgan fingerprint density at radius 2 is 1.31 bits per heavy atom. The molecule has 1 saturated heterocycles. The predicted molar refractivity (Wildman–Crippen MR) is 111 cm³/mol. The fraction of sp³-hybridized carbons (Fsp3) is 0.333. The van der Waals surface area contributed by atoms with Crippen molar-refractivity contribution in [2.45, 2.75) is 12.8 Å². The van der Waals surface area contributed by atoms with Crippen LogP contribution < -0.4 is 29.7 Å². The van der Waals surface area contributed by atoms with Gasteiger partial charge in [0, 0.05) is 42.3 Å². The SMILES string of the molecule is COc1cc(NC(=O)C(=O)Nc2ccc(N3CCCC3)cc2)cc(OC)c1OC. The van der Waals surface area contributed by atoms with E-state index < -0.39 is 11.8 Å². The fourth-order valence-electron chi connectivity index (χ4n) is 3.26. The molecule has 8 heteroatoms. The number of benzene rings is 2. The maximum Gasteiger partial charge on any atom is 0.314 e. The zero-order valence-electron chi connectivity index (χ0n) is 16.8. The largest absolute Gasteiger partial charge is 0.493 e. The monoisotopic (exact) mass is 399 g/mol. The lowest BCUT2D eigenvalue weighted by molar-refractivity contribution is -0.133. The van der Waals surface area contributed by atoms with Crippen LogP contribution in [0.25, 0.3) is 0 Å². The highest BCUT2D eigenvalue weighted by Gasteiger charge is 2.18. The molecule has 154 valence electrons. The number of carbonyl (C=O) groups is 2. The van der Waals surface area contributed by atoms with E-state index in [0.29, 0.717) is 28.6 Å². The predicted octanol–water partition coefficient (Wildman–Crippen LogP) is 2.89. The molecule has 1 fully saturated rings. The zero-order chi connectivity index (χ0) is 20.8. The van der Waals surface area contributed by atoms with Gasteiger partial charge in [-0.25, -0.2) is 0 Å². The summed E-state index contributed by atoms with van der Waals surface area (Å²) >= 11 is 0. The molecule has 0 unspecified atom stereocenters. The molecule has 0 aliphatic carbocycles. The maximum absolute atomic E-state index is 12.3. The van der Waals surface area contributed by atoms with Gasteiger partial charge in [-0.3, -0.25) is 9.59 Å². The van der Waals surface area contributed by atoms with Crippen LogP contribution in [0.15, 0.2) is 36.4 Å². The molecule has 0 saturated carbocycles. The summed E-state index contributed by atoms with van der Waals surface area (Å²) in [7, 11) is 4.43. The number of rotatable bonds is 6. The van der Waals surface area contributed by atoms with Gasteiger partial charge < -0.3 is 29.7 Å². The van der Waals surface area contributed by atoms with Gasteiger partial charge in [-0.15, -0.1) is 0 Å². The van der Waals surface area contributed by atoms with Gasteiger partial charge in [-0.1, -0.05) is 0 Å². The van der Waals surface area contributed by atoms with Gasteiger partial charge in [0.25, 0.3) is 0 Å². The molecule has 0 bridgehead atoms. The van der Waals surface area contributed by atoms with Crippen LogP contribution >= 0.6 is 0 Å². The number of ether oxygens (including phenoxy) is 3. The summed E-state index contributed by atoms with van der Waals surface area (Å²) in [6.07, 6.45) is 2.39. The van der Waals surface area contributed by atoms with E-state index in [2.05, 4.69) is 15.5 Å². The Bertz CT molecular complexity index is 851. The first-order chi connectivity index (χ1) is 14.0. The van der Waals surface area contributed by atoms with Crippen LogP contribution in [0.3, 0.4) is 0 Å². The van der Waals surface area contributed by atoms with E-state index >= 15 is 0 Å². The van der Waals surface area contributed by atoms with Crippen molar-refractivity contribution in [3.8, 4) is 17.2 Å². The molecule has 2 aromatic rings. The highest BCUT2D eigenvalue weighted by atomic mass is 16.5. The standard InChI is InChI=1S/C21H25N3O5/c1-27-17-12-15(13-18(28-2)19(17)29-3)23-21(26)20(25)22-14-6-8-16(9-7-14)24-10-4-5-11-24/h6-9,12-13H,4-5,10-11H2,1-3H3,(H,22,25)(H,23,26). The molecule has 8 nitrogen and oxygen atoms in total. The van der Waals surface area contributed by atoms with Gasteiger partial charge >= 0.3 is 11.8 Å². The zero-order valence-corrected chi connectivity index (χ0v) is 16.8. The van der Waals surface area contributed by atoms with Crippen molar-refractivity contribution in [3.05, 3.63) is 36.4 Å². The Hall–Kier alpha value is -3.42. The number of amides is 2. The topological polar surface area (TPSA) is 89.1 Å². The Morgan fingerprint density at radius 1 is 0.793 bits per heavy atom. The molecule has 3 rings (SSSR count). The van der Waals surface area contributed by atoms with Crippen molar-refractivity contribution >= 4 is 28.9 Å². The van der Waals surface area contributed by atoms with Gasteiger partial charge in [0.15, 0.2) is 11.5 Å². The number of hydrogen-bond donors (Lipinski definition) is 2. The molecule has 1 heterocycles. The first-order valence-corrected chi connectivity index (χ1v) is 9.33. The van der Waals surface area contributed by atoms with E-state index in [1.807, 2.05) is 12.1 Å². The molecule has 0 aromatic heterocycles. The molecular formula is C21H25N3O5. The number of anilines is 3. The van der Waals surface area contributed by atoms with Gasteiger partial charge in [0.05, 0.1) is 21.3 Å². The van der Waals surface area contributed by atoms with Crippen LogP contribution in [-0.4, -0.2) is 46.2 Å². The van der Waals surface area contributed by atoms with Crippen molar-refractivity contribution in [1.29, 1.82) is 0 Å². The average Bonchev–Trinajstić information content (AvgIpc) is 3.28. The van der Waals surface area contributed by atoms with Gasteiger partial charge in [0.2, 0.25) is 5.75 Å². The van der Waals surface area contributed by atoms with E-state index in [0.717, 1.165) is 18.8 Å². The van der Waals surface area contributed by atoms with Crippen molar-refractivity contribution in [3.63, 3.8) is 0 Å². The van der Waals surface area contributed by atoms with Crippen molar-refractivity contribution in [1.82, 2.24) is 0 Å². The Labute approximate surface area is 169 Å². The van der Waals surface area contributed by atoms with Crippen LogP contribution in [0.5, 0.6) is 17.2 Å². The molecule has 2 aromatic carbocycles. The van der Waals surface area contributed by atoms with E-state index in [9.17, 15) is 9.59 Å². The Morgan fingerprint density at radius 3 is 1.79 bits per heavy atom. The molecule has 0 atom stereocenters. The summed E-state index contributed by atoms with van der Waals surface area (Å²) in [4.78, 5) is 26.9. The third-order valence-corrected chi connectivity index (χ3v) is 4.73. The smallest absolute Gasteiger partial charge is 0.314 e. The fourth-order valence-corrected chi connectivity index (χ4v) is 3.26. The summed E-state index contributed by atoms with van der Waals surface area (Å²) < 4.78 is 15.7. The Kier molecular flexibility index (Phi) is 6.43. The number of nitrogens with zero attached hydrogens (tertiary/aromatic N) is 1. The summed E-state index contributed by atoms with van der Waals surface area (Å²) in [5.41, 5.74) is 2.02. The van der Waals surface area contributed by atoms with Gasteiger partial charge in [-0.05, 0) is 37.1 Å². The summed E-state index contributed by atoms with van der Waals surface area (Å²) in [6, 6.07) is 10.6. The lowest BCUT2D eigenvalue weighted by atomic mass is 10.2. The second-order valence-electron chi connectivity index (χ2n) is 6.56. The molecule has 0 radical (unpaired) electrons. The lowest BCUT2D eigenvalue weighted by Gasteiger charge is -2.17. The molecule has 1 aliphatic rings. The minimum absolute atomic E-state index is 0.351. The second-order valence-corrected chi connectivity index (χ2v) is 6.56. The maximum atomic E-state index is 12.3. The van der Waals surface area contributed by atoms with Gasteiger partial charge in [0.1, 0.15) is 0 Å². The number of hydrogen-bond acceptors (Lipinski definition) is 6. The highest BCUT2D eigenvalue weighted by molar-refractivity contribution is 6.43. The average molecular weight is 399 g/mol. The van der Waals surface area contributed by atoms with E-state index in [4.69, 9.17) is 14.2 Å². The van der Waals surface area contributed by atoms with Crippen LogP contribution in [0.1, 0.15) is 12.8 Å². The molecule has 0 spiro atoms. The minimum Gasteiger partial charge on any atom is -0.493 e. The van der Waals surface area contributed by atoms with Crippen molar-refractivity contribution in [2.24, 2.45) is 0 Å². The van der Waals surface area contributed by atoms with Crippen molar-refractivity contribution in [2.75, 3.05) is 50.0 Å². The number of methoxy groups -OCH3 is 3. The van der Waals surface area contributed by atoms with E-state index in [-0.39, 0.29) is 0 Å². The number of carbonyl (C=O) groups excluding carboxylic acids is 2. The van der Waals surface area contributed by atoms with Crippen LogP contribution in [0.4, 0.5) is 17.1 Å².